The van der Waals surface area contributed by atoms with E-state index in [1.165, 1.54) is 18.4 Å². The Bertz CT molecular complexity index is 546. The van der Waals surface area contributed by atoms with E-state index in [1.54, 1.807) is 0 Å². The van der Waals surface area contributed by atoms with E-state index in [0.717, 1.165) is 25.7 Å². The third-order valence-electron chi connectivity index (χ3n) is 8.19. The molecule has 0 heterocycles. The largest absolute Gasteiger partial charge is 0.390 e. The van der Waals surface area contributed by atoms with Gasteiger partial charge in [-0.25, -0.2) is 0 Å². The number of hydrogen-bond acceptors (Lipinski definition) is 2. The van der Waals surface area contributed by atoms with Gasteiger partial charge in [0.1, 0.15) is 0 Å². The fraction of sp³-hybridized carbons (Fsp3) is 0.800. The molecule has 0 aromatic carbocycles. The lowest BCUT2D eigenvalue weighted by Gasteiger charge is -2.57. The zero-order chi connectivity index (χ0) is 15.8. The van der Waals surface area contributed by atoms with E-state index in [1.807, 2.05) is 6.08 Å². The maximum Gasteiger partial charge on any atom is 0.0758 e. The Balaban J connectivity index is 1.72. The molecule has 0 bridgehead atoms. The monoisotopic (exact) mass is 302 g/mol. The van der Waals surface area contributed by atoms with E-state index in [0.29, 0.717) is 17.8 Å². The van der Waals surface area contributed by atoms with Crippen LogP contribution in [0, 0.1) is 28.6 Å². The van der Waals surface area contributed by atoms with Crippen LogP contribution in [0.25, 0.3) is 0 Å². The minimum absolute atomic E-state index is 0.0910. The molecule has 2 heteroatoms. The summed E-state index contributed by atoms with van der Waals surface area (Å²) in [5, 5.41) is 20.9. The summed E-state index contributed by atoms with van der Waals surface area (Å²) >= 11 is 0. The van der Waals surface area contributed by atoms with E-state index in [4.69, 9.17) is 0 Å². The van der Waals surface area contributed by atoms with Crippen LogP contribution in [-0.4, -0.2) is 21.9 Å². The Labute approximate surface area is 134 Å². The summed E-state index contributed by atoms with van der Waals surface area (Å²) in [5.41, 5.74) is 1.19. The molecule has 2 N–H and O–H groups in total. The van der Waals surface area contributed by atoms with Gasteiger partial charge >= 0.3 is 0 Å². The molecule has 0 amide bonds. The molecule has 0 aliphatic heterocycles. The molecule has 7 atom stereocenters. The molecule has 4 rings (SSSR count). The van der Waals surface area contributed by atoms with Gasteiger partial charge in [-0.05, 0) is 68.6 Å². The third kappa shape index (κ3) is 1.74. The second-order valence-electron chi connectivity index (χ2n) is 9.02. The Morgan fingerprint density at radius 3 is 2.59 bits per heavy atom. The van der Waals surface area contributed by atoms with Crippen molar-refractivity contribution in [1.82, 2.24) is 0 Å². The van der Waals surface area contributed by atoms with Crippen LogP contribution in [0.3, 0.4) is 0 Å². The summed E-state index contributed by atoms with van der Waals surface area (Å²) in [6.07, 6.45) is 12.9. The SMILES string of the molecule is C[C@]12C=C[C@H](O)CC1=CC[C@@H]1[C@@H]2CC[C@@]2(C)[C@H]1CC[C@]2(C)O. The lowest BCUT2D eigenvalue weighted by Crippen LogP contribution is -2.53. The number of aliphatic hydroxyl groups is 2. The first-order valence-corrected chi connectivity index (χ1v) is 9.07. The summed E-state index contributed by atoms with van der Waals surface area (Å²) in [6, 6.07) is 0. The van der Waals surface area contributed by atoms with Gasteiger partial charge in [0.2, 0.25) is 0 Å². The molecule has 4 aliphatic rings. The molecule has 0 unspecified atom stereocenters. The minimum Gasteiger partial charge on any atom is -0.390 e. The fourth-order valence-corrected chi connectivity index (χ4v) is 6.48. The van der Waals surface area contributed by atoms with Gasteiger partial charge in [-0.1, -0.05) is 37.6 Å². The molecule has 4 aliphatic carbocycles. The quantitative estimate of drug-likeness (QED) is 0.668. The molecule has 2 fully saturated rings. The predicted molar refractivity (Wildman–Crippen MR) is 88.2 cm³/mol. The van der Waals surface area contributed by atoms with Crippen molar-refractivity contribution in [3.05, 3.63) is 23.8 Å². The number of allylic oxidation sites excluding steroid dienone is 2. The first-order valence-electron chi connectivity index (χ1n) is 9.07. The third-order valence-corrected chi connectivity index (χ3v) is 8.19. The highest BCUT2D eigenvalue weighted by Gasteiger charge is 2.61. The molecule has 2 saturated carbocycles. The second kappa shape index (κ2) is 4.48. The van der Waals surface area contributed by atoms with Crippen LogP contribution < -0.4 is 0 Å². The molecule has 2 nitrogen and oxygen atoms in total. The maximum absolute atomic E-state index is 10.9. The van der Waals surface area contributed by atoms with Crippen LogP contribution in [0.4, 0.5) is 0 Å². The van der Waals surface area contributed by atoms with Gasteiger partial charge < -0.3 is 10.2 Å². The lowest BCUT2D eigenvalue weighted by molar-refractivity contribution is -0.107. The normalized spacial score (nSPS) is 56.9. The summed E-state index contributed by atoms with van der Waals surface area (Å²) < 4.78 is 0. The number of aliphatic hydroxyl groups excluding tert-OH is 1. The molecule has 0 aromatic rings. The van der Waals surface area contributed by atoms with E-state index < -0.39 is 5.60 Å². The zero-order valence-electron chi connectivity index (χ0n) is 14.2. The van der Waals surface area contributed by atoms with Crippen LogP contribution in [0.15, 0.2) is 23.8 Å². The molecule has 0 saturated heterocycles. The van der Waals surface area contributed by atoms with Gasteiger partial charge in [-0.3, -0.25) is 0 Å². The average Bonchev–Trinajstić information content (AvgIpc) is 2.70. The van der Waals surface area contributed by atoms with Gasteiger partial charge in [0.15, 0.2) is 0 Å². The molecule has 122 valence electrons. The van der Waals surface area contributed by atoms with Crippen molar-refractivity contribution in [3.8, 4) is 0 Å². The standard InChI is InChI=1S/C20H30O2/c1-18-9-6-14(21)12-13(18)4-5-15-16(18)7-10-19(2)17(15)8-11-20(19,3)22/h4,6,9,14-17,21-22H,5,7-8,10-12H2,1-3H3/t14-,15+,16-,17-,18-,19-,20-/m0/s1. The van der Waals surface area contributed by atoms with Gasteiger partial charge in [-0.15, -0.1) is 0 Å². The maximum atomic E-state index is 10.9. The smallest absolute Gasteiger partial charge is 0.0758 e. The lowest BCUT2D eigenvalue weighted by atomic mass is 9.48. The van der Waals surface area contributed by atoms with E-state index in [9.17, 15) is 10.2 Å². The number of rotatable bonds is 0. The van der Waals surface area contributed by atoms with Crippen LogP contribution >= 0.6 is 0 Å². The first kappa shape index (κ1) is 15.0. The molecule has 0 radical (unpaired) electrons. The molecule has 22 heavy (non-hydrogen) atoms. The molecular formula is C20H30O2. The highest BCUT2D eigenvalue weighted by molar-refractivity contribution is 5.33. The number of hydrogen-bond donors (Lipinski definition) is 2. The van der Waals surface area contributed by atoms with Gasteiger partial charge in [0.05, 0.1) is 11.7 Å². The van der Waals surface area contributed by atoms with E-state index >= 15 is 0 Å². The van der Waals surface area contributed by atoms with E-state index in [2.05, 4.69) is 32.9 Å². The van der Waals surface area contributed by atoms with Crippen molar-refractivity contribution < 1.29 is 10.2 Å². The fourth-order valence-electron chi connectivity index (χ4n) is 6.48. The van der Waals surface area contributed by atoms with Crippen LogP contribution in [0.5, 0.6) is 0 Å². The first-order chi connectivity index (χ1) is 10.3. The minimum atomic E-state index is -0.494. The highest BCUT2D eigenvalue weighted by Crippen LogP contribution is 2.66. The summed E-state index contributed by atoms with van der Waals surface area (Å²) in [5.74, 6) is 2.03. The Kier molecular flexibility index (Phi) is 3.05. The average molecular weight is 302 g/mol. The summed E-state index contributed by atoms with van der Waals surface area (Å²) in [6.45, 7) is 6.78. The van der Waals surface area contributed by atoms with Gasteiger partial charge in [0.25, 0.3) is 0 Å². The van der Waals surface area contributed by atoms with Gasteiger partial charge in [0, 0.05) is 5.41 Å². The Hall–Kier alpha value is -0.600. The number of fused-ring (bicyclic) bond motifs is 5. The van der Waals surface area contributed by atoms with Crippen molar-refractivity contribution in [3.63, 3.8) is 0 Å². The van der Waals surface area contributed by atoms with Gasteiger partial charge in [-0.2, -0.15) is 0 Å². The molecular weight excluding hydrogens is 272 g/mol. The summed E-state index contributed by atoms with van der Waals surface area (Å²) in [7, 11) is 0. The van der Waals surface area contributed by atoms with Crippen molar-refractivity contribution in [2.45, 2.75) is 71.0 Å². The Morgan fingerprint density at radius 2 is 1.82 bits per heavy atom. The second-order valence-corrected chi connectivity index (χ2v) is 9.02. The van der Waals surface area contributed by atoms with Crippen molar-refractivity contribution in [2.24, 2.45) is 28.6 Å². The predicted octanol–water partition coefficient (Wildman–Crippen LogP) is 3.84. The van der Waals surface area contributed by atoms with Crippen molar-refractivity contribution in [2.75, 3.05) is 0 Å². The summed E-state index contributed by atoms with van der Waals surface area (Å²) in [4.78, 5) is 0. The zero-order valence-corrected chi connectivity index (χ0v) is 14.2. The van der Waals surface area contributed by atoms with Crippen LogP contribution in [-0.2, 0) is 0 Å². The molecule has 0 aromatic heterocycles. The van der Waals surface area contributed by atoms with Crippen LogP contribution in [0.2, 0.25) is 0 Å². The van der Waals surface area contributed by atoms with Crippen LogP contribution in [0.1, 0.15) is 59.3 Å². The van der Waals surface area contributed by atoms with Crippen molar-refractivity contribution in [1.29, 1.82) is 0 Å². The van der Waals surface area contributed by atoms with E-state index in [-0.39, 0.29) is 16.9 Å². The topological polar surface area (TPSA) is 40.5 Å². The molecule has 0 spiro atoms. The highest BCUT2D eigenvalue weighted by atomic mass is 16.3. The Morgan fingerprint density at radius 1 is 1.09 bits per heavy atom. The van der Waals surface area contributed by atoms with Crippen molar-refractivity contribution >= 4 is 0 Å².